The summed E-state index contributed by atoms with van der Waals surface area (Å²) < 4.78 is 11.1. The molecule has 0 radical (unpaired) electrons. The molecule has 2 atom stereocenters. The van der Waals surface area contributed by atoms with Crippen LogP contribution >= 0.6 is 0 Å². The van der Waals surface area contributed by atoms with Crippen LogP contribution in [-0.4, -0.2) is 37.3 Å². The number of nitrogens with zero attached hydrogens (tertiary/aromatic N) is 3. The molecule has 1 heterocycles. The monoisotopic (exact) mass is 278 g/mol. The van der Waals surface area contributed by atoms with Crippen molar-refractivity contribution in [1.82, 2.24) is 20.3 Å². The Morgan fingerprint density at radius 1 is 1.37 bits per heavy atom. The minimum atomic E-state index is -0.782. The maximum absolute atomic E-state index is 11.1. The highest BCUT2D eigenvalue weighted by Crippen LogP contribution is 2.04. The smallest absolute Gasteiger partial charge is 0.0969 e. The molecule has 1 aromatic carbocycles. The van der Waals surface area contributed by atoms with Gasteiger partial charge in [-0.1, -0.05) is 18.2 Å². The van der Waals surface area contributed by atoms with E-state index in [4.69, 9.17) is 0 Å². The summed E-state index contributed by atoms with van der Waals surface area (Å²) in [6.07, 6.45) is 3.46. The molecule has 0 aliphatic heterocycles. The molecule has 0 aliphatic carbocycles. The quantitative estimate of drug-likeness (QED) is 0.860. The van der Waals surface area contributed by atoms with Crippen molar-refractivity contribution in [1.29, 1.82) is 0 Å². The fourth-order valence-corrected chi connectivity index (χ4v) is 2.57. The first-order valence-electron chi connectivity index (χ1n) is 6.15. The Bertz CT molecular complexity index is 541. The summed E-state index contributed by atoms with van der Waals surface area (Å²) in [5, 5.41) is 11.9. The van der Waals surface area contributed by atoms with Crippen LogP contribution in [0.4, 0.5) is 0 Å². The first kappa shape index (κ1) is 13.9. The molecule has 0 saturated heterocycles. The zero-order valence-corrected chi connectivity index (χ0v) is 11.9. The van der Waals surface area contributed by atoms with Gasteiger partial charge in [-0.05, 0) is 19.1 Å². The van der Waals surface area contributed by atoms with E-state index in [-0.39, 0.29) is 6.04 Å². The van der Waals surface area contributed by atoms with E-state index >= 15 is 0 Å². The zero-order chi connectivity index (χ0) is 13.7. The summed E-state index contributed by atoms with van der Waals surface area (Å²) in [5.41, 5.74) is 1.81. The Balaban J connectivity index is 1.93. The van der Waals surface area contributed by atoms with E-state index in [1.165, 1.54) is 0 Å². The van der Waals surface area contributed by atoms with Gasteiger partial charge in [-0.3, -0.25) is 4.21 Å². The van der Waals surface area contributed by atoms with Gasteiger partial charge in [0.05, 0.1) is 17.6 Å². The molecule has 19 heavy (non-hydrogen) atoms. The van der Waals surface area contributed by atoms with E-state index in [0.717, 1.165) is 11.4 Å². The molecule has 0 aliphatic rings. The molecule has 5 nitrogen and oxygen atoms in total. The van der Waals surface area contributed by atoms with Gasteiger partial charge in [0.2, 0.25) is 0 Å². The molecule has 0 saturated carbocycles. The highest BCUT2D eigenvalue weighted by atomic mass is 32.2. The molecule has 2 aromatic rings. The Morgan fingerprint density at radius 3 is 2.79 bits per heavy atom. The molecule has 102 valence electrons. The third-order valence-electron chi connectivity index (χ3n) is 2.64. The second kappa shape index (κ2) is 6.58. The SMILES string of the molecule is CC(CS(C)=O)NCc1cnn(-c2ccccc2)n1. The summed E-state index contributed by atoms with van der Waals surface area (Å²) in [5.74, 6) is 0.646. The lowest BCUT2D eigenvalue weighted by Gasteiger charge is -2.10. The minimum Gasteiger partial charge on any atom is -0.308 e. The van der Waals surface area contributed by atoms with Crippen LogP contribution in [0.25, 0.3) is 5.69 Å². The van der Waals surface area contributed by atoms with Gasteiger partial charge in [0.1, 0.15) is 0 Å². The normalized spacial score (nSPS) is 14.2. The number of hydrogen-bond acceptors (Lipinski definition) is 4. The van der Waals surface area contributed by atoms with E-state index in [2.05, 4.69) is 15.5 Å². The lowest BCUT2D eigenvalue weighted by molar-refractivity contribution is 0.576. The van der Waals surface area contributed by atoms with Gasteiger partial charge in [-0.15, -0.1) is 0 Å². The van der Waals surface area contributed by atoms with Crippen molar-refractivity contribution in [2.45, 2.75) is 19.5 Å². The van der Waals surface area contributed by atoms with E-state index in [1.54, 1.807) is 17.2 Å². The lowest BCUT2D eigenvalue weighted by Crippen LogP contribution is -2.30. The van der Waals surface area contributed by atoms with Gasteiger partial charge < -0.3 is 5.32 Å². The van der Waals surface area contributed by atoms with Crippen LogP contribution < -0.4 is 5.32 Å². The fraction of sp³-hybridized carbons (Fsp3) is 0.385. The zero-order valence-electron chi connectivity index (χ0n) is 11.1. The highest BCUT2D eigenvalue weighted by molar-refractivity contribution is 7.84. The molecule has 0 fully saturated rings. The van der Waals surface area contributed by atoms with Crippen LogP contribution in [0.1, 0.15) is 12.6 Å². The number of rotatable bonds is 6. The Kier molecular flexibility index (Phi) is 4.81. The number of para-hydroxylation sites is 1. The standard InChI is InChI=1S/C13H18N4OS/c1-11(10-19(2)18)14-8-12-9-15-17(16-12)13-6-4-3-5-7-13/h3-7,9,11,14H,8,10H2,1-2H3. The molecule has 0 amide bonds. The third-order valence-corrected chi connectivity index (χ3v) is 3.61. The van der Waals surface area contributed by atoms with Crippen molar-refractivity contribution in [3.8, 4) is 5.69 Å². The molecule has 0 bridgehead atoms. The summed E-state index contributed by atoms with van der Waals surface area (Å²) in [6.45, 7) is 2.65. The Morgan fingerprint density at radius 2 is 2.11 bits per heavy atom. The van der Waals surface area contributed by atoms with Gasteiger partial charge in [-0.25, -0.2) is 0 Å². The Hall–Kier alpha value is -1.53. The van der Waals surface area contributed by atoms with E-state index in [0.29, 0.717) is 12.3 Å². The van der Waals surface area contributed by atoms with Crippen LogP contribution in [0, 0.1) is 0 Å². The van der Waals surface area contributed by atoms with E-state index in [1.807, 2.05) is 37.3 Å². The average molecular weight is 278 g/mol. The van der Waals surface area contributed by atoms with Crippen LogP contribution in [0.5, 0.6) is 0 Å². The van der Waals surface area contributed by atoms with Gasteiger partial charge in [0.15, 0.2) is 0 Å². The maximum Gasteiger partial charge on any atom is 0.0969 e. The summed E-state index contributed by atoms with van der Waals surface area (Å²) in [7, 11) is -0.782. The van der Waals surface area contributed by atoms with Crippen molar-refractivity contribution >= 4 is 10.8 Å². The minimum absolute atomic E-state index is 0.202. The third kappa shape index (κ3) is 4.25. The Labute approximate surface area is 115 Å². The van der Waals surface area contributed by atoms with E-state index < -0.39 is 10.8 Å². The number of aromatic nitrogens is 3. The molecule has 1 aromatic heterocycles. The molecule has 1 N–H and O–H groups in total. The number of hydrogen-bond donors (Lipinski definition) is 1. The average Bonchev–Trinajstić information content (AvgIpc) is 2.85. The van der Waals surface area contributed by atoms with Gasteiger partial charge in [0, 0.05) is 35.4 Å². The fourth-order valence-electron chi connectivity index (χ4n) is 1.75. The second-order valence-corrected chi connectivity index (χ2v) is 5.96. The summed E-state index contributed by atoms with van der Waals surface area (Å²) >= 11 is 0. The van der Waals surface area contributed by atoms with Gasteiger partial charge in [-0.2, -0.15) is 15.0 Å². The number of benzene rings is 1. The van der Waals surface area contributed by atoms with Crippen molar-refractivity contribution in [3.05, 3.63) is 42.2 Å². The van der Waals surface area contributed by atoms with Crippen LogP contribution in [0.2, 0.25) is 0 Å². The summed E-state index contributed by atoms with van der Waals surface area (Å²) in [6, 6.07) is 9.99. The lowest BCUT2D eigenvalue weighted by atomic mass is 10.3. The molecule has 0 spiro atoms. The molecule has 2 rings (SSSR count). The van der Waals surface area contributed by atoms with Crippen LogP contribution in [0.15, 0.2) is 36.5 Å². The summed E-state index contributed by atoms with van der Waals surface area (Å²) in [4.78, 5) is 1.61. The predicted molar refractivity (Wildman–Crippen MR) is 76.6 cm³/mol. The predicted octanol–water partition coefficient (Wildman–Crippen LogP) is 1.12. The number of nitrogens with one attached hydrogen (secondary N) is 1. The highest BCUT2D eigenvalue weighted by Gasteiger charge is 2.06. The van der Waals surface area contributed by atoms with E-state index in [9.17, 15) is 4.21 Å². The second-order valence-electron chi connectivity index (χ2n) is 4.48. The van der Waals surface area contributed by atoms with Crippen LogP contribution in [-0.2, 0) is 17.3 Å². The molecule has 6 heteroatoms. The molecule has 2 unspecified atom stereocenters. The van der Waals surface area contributed by atoms with Crippen molar-refractivity contribution < 1.29 is 4.21 Å². The maximum atomic E-state index is 11.1. The molecular weight excluding hydrogens is 260 g/mol. The van der Waals surface area contributed by atoms with Crippen molar-refractivity contribution in [2.24, 2.45) is 0 Å². The van der Waals surface area contributed by atoms with Crippen molar-refractivity contribution in [3.63, 3.8) is 0 Å². The first-order chi connectivity index (χ1) is 9.15. The van der Waals surface area contributed by atoms with Crippen LogP contribution in [0.3, 0.4) is 0 Å². The topological polar surface area (TPSA) is 59.8 Å². The molecular formula is C13H18N4OS. The largest absolute Gasteiger partial charge is 0.308 e. The van der Waals surface area contributed by atoms with Gasteiger partial charge >= 0.3 is 0 Å². The van der Waals surface area contributed by atoms with Crippen molar-refractivity contribution in [2.75, 3.05) is 12.0 Å². The first-order valence-corrected chi connectivity index (χ1v) is 7.88. The van der Waals surface area contributed by atoms with Gasteiger partial charge in [0.25, 0.3) is 0 Å².